The molecular weight excluding hydrogens is 364 g/mol. The Morgan fingerprint density at radius 1 is 1.43 bits per heavy atom. The molecule has 0 aliphatic carbocycles. The van der Waals surface area contributed by atoms with Gasteiger partial charge in [0, 0.05) is 19.2 Å². The van der Waals surface area contributed by atoms with Crippen LogP contribution in [-0.2, 0) is 16.1 Å². The van der Waals surface area contributed by atoms with Crippen LogP contribution in [0.3, 0.4) is 0 Å². The Labute approximate surface area is 160 Å². The molecule has 1 N–H and O–H groups in total. The summed E-state index contributed by atoms with van der Waals surface area (Å²) in [6.45, 7) is 1.03. The summed E-state index contributed by atoms with van der Waals surface area (Å²) in [5, 5.41) is 10.8. The number of nitrogens with one attached hydrogen (secondary N) is 1. The number of amides is 1. The van der Waals surface area contributed by atoms with E-state index in [1.807, 2.05) is 6.07 Å². The van der Waals surface area contributed by atoms with E-state index in [1.165, 1.54) is 15.6 Å². The highest BCUT2D eigenvalue weighted by atomic mass is 16.5. The highest BCUT2D eigenvalue weighted by Gasteiger charge is 2.18. The summed E-state index contributed by atoms with van der Waals surface area (Å²) < 4.78 is 13.4. The van der Waals surface area contributed by atoms with Gasteiger partial charge in [0.05, 0.1) is 18.9 Å². The van der Waals surface area contributed by atoms with Crippen LogP contribution in [0, 0.1) is 0 Å². The number of ether oxygens (including phenoxy) is 2. The van der Waals surface area contributed by atoms with E-state index in [0.717, 1.165) is 19.4 Å². The lowest BCUT2D eigenvalue weighted by atomic mass is 10.2. The van der Waals surface area contributed by atoms with Crippen molar-refractivity contribution in [1.29, 1.82) is 0 Å². The summed E-state index contributed by atoms with van der Waals surface area (Å²) in [6, 6.07) is 7.18. The topological polar surface area (TPSA) is 113 Å². The molecule has 1 aliphatic heterocycles. The van der Waals surface area contributed by atoms with E-state index >= 15 is 0 Å². The lowest BCUT2D eigenvalue weighted by molar-refractivity contribution is -0.122. The summed E-state index contributed by atoms with van der Waals surface area (Å²) >= 11 is 0. The Bertz CT molecular complexity index is 1050. The number of nitrogens with zero attached hydrogens (tertiary/aromatic N) is 5. The van der Waals surface area contributed by atoms with E-state index in [-0.39, 0.29) is 24.1 Å². The van der Waals surface area contributed by atoms with E-state index in [2.05, 4.69) is 20.6 Å². The largest absolute Gasteiger partial charge is 0.497 e. The lowest BCUT2D eigenvalue weighted by Crippen LogP contribution is -2.36. The first-order valence-corrected chi connectivity index (χ1v) is 8.99. The normalized spacial score (nSPS) is 16.4. The third kappa shape index (κ3) is 3.58. The van der Waals surface area contributed by atoms with Crippen molar-refractivity contribution in [2.75, 3.05) is 20.3 Å². The number of benzene rings is 1. The molecule has 10 heteroatoms. The molecule has 0 radical (unpaired) electrons. The zero-order valence-corrected chi connectivity index (χ0v) is 15.4. The Morgan fingerprint density at radius 3 is 3.11 bits per heavy atom. The number of rotatable bonds is 6. The fourth-order valence-electron chi connectivity index (χ4n) is 3.12. The van der Waals surface area contributed by atoms with Gasteiger partial charge in [-0.15, -0.1) is 5.10 Å². The predicted octanol–water partition coefficient (Wildman–Crippen LogP) is 0.281. The van der Waals surface area contributed by atoms with Gasteiger partial charge in [0.15, 0.2) is 11.2 Å². The monoisotopic (exact) mass is 384 g/mol. The van der Waals surface area contributed by atoms with Gasteiger partial charge in [-0.25, -0.2) is 4.98 Å². The highest BCUT2D eigenvalue weighted by Crippen LogP contribution is 2.17. The molecule has 1 aliphatic rings. The average molecular weight is 384 g/mol. The van der Waals surface area contributed by atoms with E-state index in [4.69, 9.17) is 9.47 Å². The van der Waals surface area contributed by atoms with Crippen molar-refractivity contribution < 1.29 is 14.3 Å². The Balaban J connectivity index is 1.54. The maximum absolute atomic E-state index is 12.7. The number of carbonyl (C=O) groups excluding carboxylic acids is 1. The molecule has 28 heavy (non-hydrogen) atoms. The Morgan fingerprint density at radius 2 is 2.32 bits per heavy atom. The highest BCUT2D eigenvalue weighted by molar-refractivity contribution is 5.76. The van der Waals surface area contributed by atoms with Crippen LogP contribution in [0.1, 0.15) is 12.8 Å². The molecule has 2 aromatic heterocycles. The fraction of sp³-hybridized carbons (Fsp3) is 0.389. The molecule has 0 spiro atoms. The maximum Gasteiger partial charge on any atom is 0.284 e. The van der Waals surface area contributed by atoms with E-state index < -0.39 is 5.56 Å². The van der Waals surface area contributed by atoms with Gasteiger partial charge >= 0.3 is 0 Å². The van der Waals surface area contributed by atoms with E-state index in [1.54, 1.807) is 25.3 Å². The van der Waals surface area contributed by atoms with Crippen LogP contribution in [0.15, 0.2) is 35.4 Å². The van der Waals surface area contributed by atoms with Crippen molar-refractivity contribution >= 4 is 17.1 Å². The molecule has 0 bridgehead atoms. The third-order valence-corrected chi connectivity index (χ3v) is 4.59. The minimum atomic E-state index is -0.425. The van der Waals surface area contributed by atoms with Crippen LogP contribution >= 0.6 is 0 Å². The number of methoxy groups -OCH3 is 1. The SMILES string of the molecule is COc1cccc(-n2nnc3c(=O)n(CC(=O)NC[C@H]4CCCO4)cnc32)c1. The lowest BCUT2D eigenvalue weighted by Gasteiger charge is -2.11. The number of hydrogen-bond donors (Lipinski definition) is 1. The summed E-state index contributed by atoms with van der Waals surface area (Å²) in [5.74, 6) is 0.372. The third-order valence-electron chi connectivity index (χ3n) is 4.59. The summed E-state index contributed by atoms with van der Waals surface area (Å²) in [7, 11) is 1.57. The minimum absolute atomic E-state index is 0.0454. The summed E-state index contributed by atoms with van der Waals surface area (Å²) in [5.41, 5.74) is 0.652. The van der Waals surface area contributed by atoms with Crippen molar-refractivity contribution in [3.8, 4) is 11.4 Å². The quantitative estimate of drug-likeness (QED) is 0.649. The van der Waals surface area contributed by atoms with Crippen LogP contribution in [0.25, 0.3) is 16.9 Å². The van der Waals surface area contributed by atoms with Gasteiger partial charge in [0.25, 0.3) is 5.56 Å². The van der Waals surface area contributed by atoms with Gasteiger partial charge in [-0.3, -0.25) is 14.2 Å². The first-order chi connectivity index (χ1) is 13.7. The fourth-order valence-corrected chi connectivity index (χ4v) is 3.12. The van der Waals surface area contributed by atoms with Gasteiger partial charge in [0.2, 0.25) is 5.91 Å². The van der Waals surface area contributed by atoms with Crippen LogP contribution in [0.5, 0.6) is 5.75 Å². The molecule has 1 saturated heterocycles. The van der Waals surface area contributed by atoms with Crippen molar-refractivity contribution in [1.82, 2.24) is 29.9 Å². The molecule has 1 aromatic carbocycles. The van der Waals surface area contributed by atoms with Gasteiger partial charge in [-0.2, -0.15) is 4.68 Å². The van der Waals surface area contributed by atoms with Crippen LogP contribution in [0.4, 0.5) is 0 Å². The number of carbonyl (C=O) groups is 1. The van der Waals surface area contributed by atoms with Crippen molar-refractivity contribution in [2.24, 2.45) is 0 Å². The molecular formula is C18H20N6O4. The molecule has 1 atom stereocenters. The molecule has 0 unspecified atom stereocenters. The molecule has 3 heterocycles. The van der Waals surface area contributed by atoms with E-state index in [9.17, 15) is 9.59 Å². The molecule has 0 saturated carbocycles. The standard InChI is InChI=1S/C18H20N6O4/c1-27-13-5-2-4-12(8-13)24-17-16(21-22-24)18(26)23(11-20-17)10-15(25)19-9-14-6-3-7-28-14/h2,4-5,8,11,14H,3,6-7,9-10H2,1H3,(H,19,25)/t14-/m1/s1. The molecule has 146 valence electrons. The second-order valence-corrected chi connectivity index (χ2v) is 6.49. The Kier molecular flexibility index (Phi) is 5.02. The van der Waals surface area contributed by atoms with E-state index in [0.29, 0.717) is 23.6 Å². The number of aromatic nitrogens is 5. The predicted molar refractivity (Wildman–Crippen MR) is 99.5 cm³/mol. The van der Waals surface area contributed by atoms with Gasteiger partial charge in [0.1, 0.15) is 18.6 Å². The Hall–Kier alpha value is -3.27. The number of fused-ring (bicyclic) bond motifs is 1. The number of hydrogen-bond acceptors (Lipinski definition) is 7. The summed E-state index contributed by atoms with van der Waals surface area (Å²) in [4.78, 5) is 29.1. The van der Waals surface area contributed by atoms with Crippen molar-refractivity contribution in [3.05, 3.63) is 40.9 Å². The second-order valence-electron chi connectivity index (χ2n) is 6.49. The van der Waals surface area contributed by atoms with Gasteiger partial charge < -0.3 is 14.8 Å². The van der Waals surface area contributed by atoms with Crippen LogP contribution < -0.4 is 15.6 Å². The average Bonchev–Trinajstić information content (AvgIpc) is 3.38. The molecule has 1 amide bonds. The van der Waals surface area contributed by atoms with Crippen molar-refractivity contribution in [2.45, 2.75) is 25.5 Å². The maximum atomic E-state index is 12.7. The zero-order valence-electron chi connectivity index (χ0n) is 15.4. The zero-order chi connectivity index (χ0) is 19.5. The smallest absolute Gasteiger partial charge is 0.284 e. The molecule has 3 aromatic rings. The van der Waals surface area contributed by atoms with Crippen molar-refractivity contribution in [3.63, 3.8) is 0 Å². The first kappa shape index (κ1) is 18.1. The van der Waals surface area contributed by atoms with Gasteiger partial charge in [-0.1, -0.05) is 11.3 Å². The molecule has 10 nitrogen and oxygen atoms in total. The van der Waals surface area contributed by atoms with Crippen LogP contribution in [0.2, 0.25) is 0 Å². The second kappa shape index (κ2) is 7.77. The first-order valence-electron chi connectivity index (χ1n) is 8.99. The summed E-state index contributed by atoms with van der Waals surface area (Å²) in [6.07, 6.45) is 3.31. The van der Waals surface area contributed by atoms with Gasteiger partial charge in [-0.05, 0) is 25.0 Å². The molecule has 4 rings (SSSR count). The molecule has 1 fully saturated rings. The van der Waals surface area contributed by atoms with Crippen LogP contribution in [-0.4, -0.2) is 56.8 Å². The minimum Gasteiger partial charge on any atom is -0.497 e.